The Bertz CT molecular complexity index is 851. The molecule has 0 bridgehead atoms. The number of ether oxygens (including phenoxy) is 1. The third-order valence-corrected chi connectivity index (χ3v) is 3.79. The van der Waals surface area contributed by atoms with E-state index in [-0.39, 0.29) is 11.7 Å². The molecule has 1 amide bonds. The molecule has 1 heterocycles. The van der Waals surface area contributed by atoms with E-state index in [0.717, 1.165) is 0 Å². The molecule has 126 valence electrons. The van der Waals surface area contributed by atoms with Gasteiger partial charge in [0.25, 0.3) is 0 Å². The number of pyridine rings is 1. The zero-order chi connectivity index (χ0) is 17.6. The van der Waals surface area contributed by atoms with Crippen LogP contribution in [-0.4, -0.2) is 18.0 Å². The highest BCUT2D eigenvalue weighted by molar-refractivity contribution is 5.98. The van der Waals surface area contributed by atoms with Gasteiger partial charge in [0.2, 0.25) is 5.91 Å². The van der Waals surface area contributed by atoms with Gasteiger partial charge in [0.05, 0.1) is 12.8 Å². The van der Waals surface area contributed by atoms with E-state index in [1.165, 1.54) is 12.1 Å². The van der Waals surface area contributed by atoms with Crippen molar-refractivity contribution in [3.8, 4) is 5.75 Å². The number of nitrogens with one attached hydrogen (secondary N) is 1. The number of methoxy groups -OCH3 is 1. The third kappa shape index (κ3) is 4.01. The molecule has 0 aliphatic rings. The molecule has 5 heteroatoms. The molecule has 1 atom stereocenters. The van der Waals surface area contributed by atoms with Crippen LogP contribution in [-0.2, 0) is 4.79 Å². The van der Waals surface area contributed by atoms with Crippen LogP contribution in [0.4, 0.5) is 10.1 Å². The zero-order valence-corrected chi connectivity index (χ0v) is 13.6. The van der Waals surface area contributed by atoms with E-state index in [0.29, 0.717) is 22.7 Å². The van der Waals surface area contributed by atoms with Gasteiger partial charge < -0.3 is 10.1 Å². The predicted octanol–water partition coefficient (Wildman–Crippen LogP) is 4.00. The van der Waals surface area contributed by atoms with Gasteiger partial charge in [0.1, 0.15) is 17.5 Å². The second kappa shape index (κ2) is 7.57. The van der Waals surface area contributed by atoms with Gasteiger partial charge in [0, 0.05) is 18.0 Å². The first-order valence-corrected chi connectivity index (χ1v) is 7.78. The smallest absolute Gasteiger partial charge is 0.237 e. The Morgan fingerprint density at radius 1 is 1.08 bits per heavy atom. The molecule has 0 aliphatic carbocycles. The van der Waals surface area contributed by atoms with Gasteiger partial charge in [-0.15, -0.1) is 0 Å². The lowest BCUT2D eigenvalue weighted by Gasteiger charge is -2.17. The Morgan fingerprint density at radius 3 is 2.56 bits per heavy atom. The molecule has 0 fully saturated rings. The van der Waals surface area contributed by atoms with Crippen molar-refractivity contribution in [1.82, 2.24) is 4.98 Å². The van der Waals surface area contributed by atoms with Crippen molar-refractivity contribution in [2.24, 2.45) is 0 Å². The second-order valence-electron chi connectivity index (χ2n) is 5.46. The van der Waals surface area contributed by atoms with Crippen molar-refractivity contribution in [3.63, 3.8) is 0 Å². The van der Waals surface area contributed by atoms with E-state index in [4.69, 9.17) is 4.74 Å². The minimum absolute atomic E-state index is 0.251. The maximum atomic E-state index is 13.3. The van der Waals surface area contributed by atoms with Crippen molar-refractivity contribution in [2.45, 2.75) is 5.92 Å². The number of hydrogen-bond donors (Lipinski definition) is 1. The monoisotopic (exact) mass is 336 g/mol. The van der Waals surface area contributed by atoms with Crippen LogP contribution in [0.15, 0.2) is 72.9 Å². The van der Waals surface area contributed by atoms with Gasteiger partial charge >= 0.3 is 0 Å². The lowest BCUT2D eigenvalue weighted by atomic mass is 9.94. The molecule has 0 saturated carbocycles. The van der Waals surface area contributed by atoms with Crippen LogP contribution in [0.25, 0.3) is 0 Å². The SMILES string of the molecule is COc1cccc(NC(=O)C(c2ccc(F)cc2)c2ccccn2)c1. The van der Waals surface area contributed by atoms with E-state index in [1.807, 2.05) is 6.07 Å². The summed E-state index contributed by atoms with van der Waals surface area (Å²) in [6.45, 7) is 0. The molecular weight excluding hydrogens is 319 g/mol. The fourth-order valence-electron chi connectivity index (χ4n) is 2.57. The summed E-state index contributed by atoms with van der Waals surface area (Å²) in [6, 6.07) is 18.3. The summed E-state index contributed by atoms with van der Waals surface area (Å²) < 4.78 is 18.4. The Balaban J connectivity index is 1.93. The van der Waals surface area contributed by atoms with Gasteiger partial charge in [-0.25, -0.2) is 4.39 Å². The normalized spacial score (nSPS) is 11.6. The topological polar surface area (TPSA) is 51.2 Å². The van der Waals surface area contributed by atoms with Crippen LogP contribution in [0.5, 0.6) is 5.75 Å². The number of rotatable bonds is 5. The van der Waals surface area contributed by atoms with Crippen LogP contribution >= 0.6 is 0 Å². The maximum absolute atomic E-state index is 13.3. The number of hydrogen-bond acceptors (Lipinski definition) is 3. The summed E-state index contributed by atoms with van der Waals surface area (Å²) in [7, 11) is 1.57. The molecule has 1 N–H and O–H groups in total. The van der Waals surface area contributed by atoms with E-state index < -0.39 is 5.92 Å². The standard InChI is InChI=1S/C20H17FN2O2/c1-25-17-6-4-5-16(13-17)23-20(24)19(18-7-2-3-12-22-18)14-8-10-15(21)11-9-14/h2-13,19H,1H3,(H,23,24). The first-order valence-electron chi connectivity index (χ1n) is 7.78. The number of anilines is 1. The molecule has 1 unspecified atom stereocenters. The minimum atomic E-state index is -0.645. The number of carbonyl (C=O) groups is 1. The highest BCUT2D eigenvalue weighted by atomic mass is 19.1. The summed E-state index contributed by atoms with van der Waals surface area (Å²) in [6.07, 6.45) is 1.63. The first-order chi connectivity index (χ1) is 12.2. The van der Waals surface area contributed by atoms with Crippen molar-refractivity contribution < 1.29 is 13.9 Å². The van der Waals surface area contributed by atoms with Crippen molar-refractivity contribution in [3.05, 3.63) is 90.0 Å². The van der Waals surface area contributed by atoms with E-state index in [9.17, 15) is 9.18 Å². The zero-order valence-electron chi connectivity index (χ0n) is 13.6. The number of benzene rings is 2. The van der Waals surface area contributed by atoms with E-state index in [1.54, 1.807) is 61.8 Å². The Hall–Kier alpha value is -3.21. The number of amides is 1. The highest BCUT2D eigenvalue weighted by Crippen LogP contribution is 2.26. The minimum Gasteiger partial charge on any atom is -0.497 e. The molecule has 0 aliphatic heterocycles. The van der Waals surface area contributed by atoms with Gasteiger partial charge in [0.15, 0.2) is 0 Å². The molecule has 3 aromatic rings. The quantitative estimate of drug-likeness (QED) is 0.766. The highest BCUT2D eigenvalue weighted by Gasteiger charge is 2.24. The summed E-state index contributed by atoms with van der Waals surface area (Å²) in [5.74, 6) is -0.600. The molecule has 0 spiro atoms. The summed E-state index contributed by atoms with van der Waals surface area (Å²) >= 11 is 0. The van der Waals surface area contributed by atoms with E-state index >= 15 is 0 Å². The number of carbonyl (C=O) groups excluding carboxylic acids is 1. The van der Waals surface area contributed by atoms with Gasteiger partial charge in [-0.2, -0.15) is 0 Å². The molecule has 25 heavy (non-hydrogen) atoms. The molecule has 3 rings (SSSR count). The molecule has 0 saturated heterocycles. The number of aromatic nitrogens is 1. The Labute approximate surface area is 145 Å². The van der Waals surface area contributed by atoms with Gasteiger partial charge in [-0.3, -0.25) is 9.78 Å². The third-order valence-electron chi connectivity index (χ3n) is 3.79. The molecule has 1 aromatic heterocycles. The Kier molecular flexibility index (Phi) is 5.04. The number of halogens is 1. The molecule has 2 aromatic carbocycles. The number of nitrogens with zero attached hydrogens (tertiary/aromatic N) is 1. The van der Waals surface area contributed by atoms with Crippen molar-refractivity contribution in [1.29, 1.82) is 0 Å². The van der Waals surface area contributed by atoms with E-state index in [2.05, 4.69) is 10.3 Å². The van der Waals surface area contributed by atoms with Gasteiger partial charge in [-0.05, 0) is 42.0 Å². The fourth-order valence-corrected chi connectivity index (χ4v) is 2.57. The van der Waals surface area contributed by atoms with Crippen molar-refractivity contribution in [2.75, 3.05) is 12.4 Å². The average Bonchev–Trinajstić information content (AvgIpc) is 2.64. The van der Waals surface area contributed by atoms with Crippen LogP contribution in [0.3, 0.4) is 0 Å². The summed E-state index contributed by atoms with van der Waals surface area (Å²) in [5, 5.41) is 2.88. The van der Waals surface area contributed by atoms with Crippen LogP contribution in [0, 0.1) is 5.82 Å². The molecule has 0 radical (unpaired) electrons. The Morgan fingerprint density at radius 2 is 1.88 bits per heavy atom. The fraction of sp³-hybridized carbons (Fsp3) is 0.100. The van der Waals surface area contributed by atoms with Crippen molar-refractivity contribution >= 4 is 11.6 Å². The summed E-state index contributed by atoms with van der Waals surface area (Å²) in [4.78, 5) is 17.2. The lowest BCUT2D eigenvalue weighted by molar-refractivity contribution is -0.116. The van der Waals surface area contributed by atoms with Crippen LogP contribution in [0.2, 0.25) is 0 Å². The second-order valence-corrected chi connectivity index (χ2v) is 5.46. The van der Waals surface area contributed by atoms with Crippen LogP contribution in [0.1, 0.15) is 17.2 Å². The summed E-state index contributed by atoms with van der Waals surface area (Å²) in [5.41, 5.74) is 1.88. The predicted molar refractivity (Wildman–Crippen MR) is 94.1 cm³/mol. The maximum Gasteiger partial charge on any atom is 0.237 e. The average molecular weight is 336 g/mol. The van der Waals surface area contributed by atoms with Crippen LogP contribution < -0.4 is 10.1 Å². The largest absolute Gasteiger partial charge is 0.497 e. The lowest BCUT2D eigenvalue weighted by Crippen LogP contribution is -2.23. The first kappa shape index (κ1) is 16.6. The molecule has 4 nitrogen and oxygen atoms in total. The molecular formula is C20H17FN2O2. The van der Waals surface area contributed by atoms with Gasteiger partial charge in [-0.1, -0.05) is 24.3 Å².